The molecule has 1 aromatic heterocycles. The first-order chi connectivity index (χ1) is 15.6. The summed E-state index contributed by atoms with van der Waals surface area (Å²) in [7, 11) is 0. The molecule has 1 saturated carbocycles. The lowest BCUT2D eigenvalue weighted by Crippen LogP contribution is -2.47. The van der Waals surface area contributed by atoms with E-state index in [4.69, 9.17) is 0 Å². The number of pyridine rings is 1. The average molecular weight is 433 g/mol. The second kappa shape index (κ2) is 8.78. The number of carbonyl (C=O) groups excluding carboxylic acids is 2. The molecule has 8 heteroatoms. The first kappa shape index (κ1) is 20.8. The lowest BCUT2D eigenvalue weighted by Gasteiger charge is -2.36. The van der Waals surface area contributed by atoms with Crippen molar-refractivity contribution in [3.05, 3.63) is 47.3 Å². The van der Waals surface area contributed by atoms with Gasteiger partial charge in [-0.05, 0) is 55.5 Å². The third-order valence-corrected chi connectivity index (χ3v) is 6.33. The summed E-state index contributed by atoms with van der Waals surface area (Å²) in [6.45, 7) is 6.90. The molecule has 1 aliphatic carbocycles. The first-order valence-electron chi connectivity index (χ1n) is 11.4. The zero-order valence-corrected chi connectivity index (χ0v) is 18.3. The fourth-order valence-electron chi connectivity index (χ4n) is 4.39. The molecule has 1 aromatic rings. The van der Waals surface area contributed by atoms with Crippen molar-refractivity contribution in [2.45, 2.75) is 25.8 Å². The standard InChI is InChI=1S/C24H28N6O2/c1-2-25-24(32)20-6-5-18(14-27-20)30-9-7-29(8-10-30)15-16-11-22-21(26-13-16)12-19(17-3-4-17)23(31)28-22/h5-6,11-14,17,21H,2-4,7-10,15H2,1H3,(H,25,32). The van der Waals surface area contributed by atoms with E-state index in [9.17, 15) is 9.59 Å². The number of aliphatic imine (C=N–C) groups is 2. The summed E-state index contributed by atoms with van der Waals surface area (Å²) in [5, 5.41) is 2.77. The molecule has 1 N–H and O–H groups in total. The van der Waals surface area contributed by atoms with Crippen molar-refractivity contribution in [2.24, 2.45) is 15.9 Å². The van der Waals surface area contributed by atoms with Gasteiger partial charge in [0.25, 0.3) is 11.8 Å². The van der Waals surface area contributed by atoms with E-state index in [1.165, 1.54) is 0 Å². The summed E-state index contributed by atoms with van der Waals surface area (Å²) in [6, 6.07) is 3.64. The quantitative estimate of drug-likeness (QED) is 0.738. The third-order valence-electron chi connectivity index (χ3n) is 6.33. The highest BCUT2D eigenvalue weighted by molar-refractivity contribution is 6.17. The predicted molar refractivity (Wildman–Crippen MR) is 125 cm³/mol. The molecule has 3 aliphatic heterocycles. The maximum atomic E-state index is 12.3. The van der Waals surface area contributed by atoms with Crippen LogP contribution >= 0.6 is 0 Å². The minimum absolute atomic E-state index is 0.0770. The molecule has 5 rings (SSSR count). The Labute approximate surface area is 187 Å². The fraction of sp³-hybridized carbons (Fsp3) is 0.458. The normalized spacial score (nSPS) is 23.3. The number of fused-ring (bicyclic) bond motifs is 1. The molecular weight excluding hydrogens is 404 g/mol. The maximum Gasteiger partial charge on any atom is 0.273 e. The molecule has 166 valence electrons. The molecular formula is C24H28N6O2. The van der Waals surface area contributed by atoms with Crippen molar-refractivity contribution in [1.82, 2.24) is 15.2 Å². The van der Waals surface area contributed by atoms with Crippen molar-refractivity contribution < 1.29 is 9.59 Å². The lowest BCUT2D eigenvalue weighted by atomic mass is 9.97. The number of amides is 2. The molecule has 4 aliphatic rings. The molecule has 32 heavy (non-hydrogen) atoms. The molecule has 4 heterocycles. The Morgan fingerprint density at radius 2 is 2.00 bits per heavy atom. The van der Waals surface area contributed by atoms with Gasteiger partial charge in [-0.1, -0.05) is 0 Å². The zero-order valence-electron chi connectivity index (χ0n) is 18.3. The van der Waals surface area contributed by atoms with Crippen LogP contribution in [0, 0.1) is 5.92 Å². The number of dihydropyridines is 2. The van der Waals surface area contributed by atoms with Gasteiger partial charge in [0, 0.05) is 51.1 Å². The summed E-state index contributed by atoms with van der Waals surface area (Å²) in [6.07, 6.45) is 9.96. The van der Waals surface area contributed by atoms with Crippen LogP contribution < -0.4 is 10.2 Å². The van der Waals surface area contributed by atoms with E-state index in [2.05, 4.69) is 30.1 Å². The topological polar surface area (TPSA) is 90.3 Å². The molecule has 1 saturated heterocycles. The largest absolute Gasteiger partial charge is 0.368 e. The van der Waals surface area contributed by atoms with Gasteiger partial charge in [-0.15, -0.1) is 0 Å². The van der Waals surface area contributed by atoms with Gasteiger partial charge in [0.2, 0.25) is 0 Å². The monoisotopic (exact) mass is 432 g/mol. The van der Waals surface area contributed by atoms with Crippen LogP contribution in [0.2, 0.25) is 0 Å². The van der Waals surface area contributed by atoms with Crippen LogP contribution in [0.1, 0.15) is 30.3 Å². The van der Waals surface area contributed by atoms with Gasteiger partial charge in [-0.2, -0.15) is 0 Å². The Morgan fingerprint density at radius 1 is 1.19 bits per heavy atom. The van der Waals surface area contributed by atoms with Crippen LogP contribution in [-0.2, 0) is 4.79 Å². The van der Waals surface area contributed by atoms with E-state index in [1.54, 1.807) is 12.3 Å². The third kappa shape index (κ3) is 4.41. The van der Waals surface area contributed by atoms with E-state index in [0.717, 1.165) is 68.1 Å². The van der Waals surface area contributed by atoms with E-state index in [1.807, 2.05) is 31.4 Å². The minimum atomic E-state index is -0.142. The number of nitrogens with zero attached hydrogens (tertiary/aromatic N) is 5. The van der Waals surface area contributed by atoms with Gasteiger partial charge in [0.15, 0.2) is 0 Å². The zero-order chi connectivity index (χ0) is 22.1. The van der Waals surface area contributed by atoms with Gasteiger partial charge >= 0.3 is 0 Å². The Hall–Kier alpha value is -3.13. The highest BCUT2D eigenvalue weighted by Crippen LogP contribution is 2.38. The number of carbonyl (C=O) groups is 2. The number of hydrogen-bond acceptors (Lipinski definition) is 6. The fourth-order valence-corrected chi connectivity index (χ4v) is 4.39. The summed E-state index contributed by atoms with van der Waals surface area (Å²) in [5.41, 5.74) is 4.20. The Balaban J connectivity index is 1.15. The van der Waals surface area contributed by atoms with Crippen LogP contribution in [0.4, 0.5) is 5.69 Å². The van der Waals surface area contributed by atoms with E-state index >= 15 is 0 Å². The highest BCUT2D eigenvalue weighted by atomic mass is 16.2. The second-order valence-corrected chi connectivity index (χ2v) is 8.70. The van der Waals surface area contributed by atoms with Crippen molar-refractivity contribution in [1.29, 1.82) is 0 Å². The summed E-state index contributed by atoms with van der Waals surface area (Å²) in [4.78, 5) is 42.2. The van der Waals surface area contributed by atoms with Gasteiger partial charge in [0.05, 0.1) is 17.6 Å². The van der Waals surface area contributed by atoms with Gasteiger partial charge in [0.1, 0.15) is 11.7 Å². The molecule has 0 aromatic carbocycles. The molecule has 8 nitrogen and oxygen atoms in total. The summed E-state index contributed by atoms with van der Waals surface area (Å²) < 4.78 is 0. The highest BCUT2D eigenvalue weighted by Gasteiger charge is 2.34. The molecule has 0 radical (unpaired) electrons. The van der Waals surface area contributed by atoms with Gasteiger partial charge in [-0.25, -0.2) is 9.98 Å². The lowest BCUT2D eigenvalue weighted by molar-refractivity contribution is -0.114. The van der Waals surface area contributed by atoms with Crippen LogP contribution in [0.25, 0.3) is 0 Å². The van der Waals surface area contributed by atoms with E-state index < -0.39 is 0 Å². The Morgan fingerprint density at radius 3 is 2.69 bits per heavy atom. The smallest absolute Gasteiger partial charge is 0.273 e. The van der Waals surface area contributed by atoms with Crippen molar-refractivity contribution in [3.63, 3.8) is 0 Å². The van der Waals surface area contributed by atoms with E-state index in [-0.39, 0.29) is 17.9 Å². The molecule has 0 spiro atoms. The molecule has 2 amide bonds. The number of anilines is 1. The molecule has 1 unspecified atom stereocenters. The minimum Gasteiger partial charge on any atom is -0.368 e. The maximum absolute atomic E-state index is 12.3. The van der Waals surface area contributed by atoms with Gasteiger partial charge < -0.3 is 10.2 Å². The van der Waals surface area contributed by atoms with Crippen LogP contribution in [0.3, 0.4) is 0 Å². The number of aromatic nitrogens is 1. The van der Waals surface area contributed by atoms with Crippen molar-refractivity contribution in [3.8, 4) is 0 Å². The molecule has 0 bridgehead atoms. The second-order valence-electron chi connectivity index (χ2n) is 8.70. The van der Waals surface area contributed by atoms with E-state index in [0.29, 0.717) is 18.2 Å². The average Bonchev–Trinajstić information content (AvgIpc) is 3.65. The summed E-state index contributed by atoms with van der Waals surface area (Å²) >= 11 is 0. The first-order valence-corrected chi connectivity index (χ1v) is 11.4. The van der Waals surface area contributed by atoms with Crippen LogP contribution in [-0.4, -0.2) is 78.9 Å². The van der Waals surface area contributed by atoms with Crippen molar-refractivity contribution >= 4 is 29.4 Å². The number of rotatable bonds is 6. The SMILES string of the molecule is CCNC(=O)c1ccc(N2CCN(CC3=CC4=NC(=O)C(C5CC5)=CC4N=C3)CC2)cn1. The molecule has 2 fully saturated rings. The predicted octanol–water partition coefficient (Wildman–Crippen LogP) is 1.65. The number of piperazine rings is 1. The number of hydrogen-bond donors (Lipinski definition) is 1. The van der Waals surface area contributed by atoms with Crippen molar-refractivity contribution in [2.75, 3.05) is 44.2 Å². The Kier molecular flexibility index (Phi) is 5.70. The van der Waals surface area contributed by atoms with Gasteiger partial charge in [-0.3, -0.25) is 19.5 Å². The molecule has 1 atom stereocenters. The Bertz CT molecular complexity index is 1030. The van der Waals surface area contributed by atoms with Crippen LogP contribution in [0.15, 0.2) is 51.6 Å². The van der Waals surface area contributed by atoms with Crippen LogP contribution in [0.5, 0.6) is 0 Å². The number of nitrogens with one attached hydrogen (secondary N) is 1. The summed E-state index contributed by atoms with van der Waals surface area (Å²) in [5.74, 6) is 0.188.